The van der Waals surface area contributed by atoms with E-state index in [2.05, 4.69) is 5.16 Å². The molecule has 0 bridgehead atoms. The molecule has 0 saturated heterocycles. The molecule has 14 heavy (non-hydrogen) atoms. The summed E-state index contributed by atoms with van der Waals surface area (Å²) in [6.45, 7) is 1.86. The summed E-state index contributed by atoms with van der Waals surface area (Å²) in [7, 11) is 0. The van der Waals surface area contributed by atoms with Crippen LogP contribution in [0.3, 0.4) is 0 Å². The number of hydrogen-bond donors (Lipinski definition) is 2. The summed E-state index contributed by atoms with van der Waals surface area (Å²) >= 11 is 0. The van der Waals surface area contributed by atoms with E-state index in [1.807, 2.05) is 0 Å². The summed E-state index contributed by atoms with van der Waals surface area (Å²) in [5.41, 5.74) is 7.34. The molecule has 5 heteroatoms. The number of nitrogen functional groups attached to an aromatic ring is 1. The summed E-state index contributed by atoms with van der Waals surface area (Å²) in [4.78, 5) is 0. The minimum Gasteiger partial charge on any atom is -0.454 e. The van der Waals surface area contributed by atoms with Crippen LogP contribution in [0, 0.1) is 0 Å². The molecule has 0 saturated carbocycles. The number of rotatable bonds is 1. The van der Waals surface area contributed by atoms with Gasteiger partial charge in [0.15, 0.2) is 11.5 Å². The molecule has 74 valence electrons. The van der Waals surface area contributed by atoms with Gasteiger partial charge in [0, 0.05) is 17.3 Å². The van der Waals surface area contributed by atoms with Crippen molar-refractivity contribution in [3.8, 4) is 11.5 Å². The number of anilines is 1. The molecular weight excluding hydrogens is 184 g/mol. The molecule has 0 amide bonds. The molecule has 0 atom stereocenters. The minimum atomic E-state index is 0.202. The van der Waals surface area contributed by atoms with Gasteiger partial charge in [-0.05, 0) is 13.0 Å². The monoisotopic (exact) mass is 194 g/mol. The first kappa shape index (κ1) is 8.68. The Morgan fingerprint density at radius 1 is 1.43 bits per heavy atom. The van der Waals surface area contributed by atoms with E-state index in [9.17, 15) is 0 Å². The Balaban J connectivity index is 2.53. The Hall–Kier alpha value is -1.91. The molecular formula is C9H10N2O3. The highest BCUT2D eigenvalue weighted by Crippen LogP contribution is 2.36. The van der Waals surface area contributed by atoms with Gasteiger partial charge in [0.05, 0.1) is 5.71 Å². The maximum Gasteiger partial charge on any atom is 0.231 e. The number of hydrogen-bond acceptors (Lipinski definition) is 5. The molecule has 0 radical (unpaired) electrons. The van der Waals surface area contributed by atoms with Crippen LogP contribution < -0.4 is 15.2 Å². The van der Waals surface area contributed by atoms with Gasteiger partial charge < -0.3 is 20.4 Å². The van der Waals surface area contributed by atoms with E-state index in [1.165, 1.54) is 0 Å². The van der Waals surface area contributed by atoms with Crippen molar-refractivity contribution in [3.63, 3.8) is 0 Å². The van der Waals surface area contributed by atoms with Gasteiger partial charge in [0.25, 0.3) is 0 Å². The lowest BCUT2D eigenvalue weighted by Gasteiger charge is -2.05. The zero-order valence-electron chi connectivity index (χ0n) is 7.65. The van der Waals surface area contributed by atoms with E-state index in [-0.39, 0.29) is 6.79 Å². The fourth-order valence-corrected chi connectivity index (χ4v) is 1.32. The molecule has 1 heterocycles. The van der Waals surface area contributed by atoms with Gasteiger partial charge in [-0.1, -0.05) is 5.16 Å². The molecule has 0 spiro atoms. The van der Waals surface area contributed by atoms with Crippen molar-refractivity contribution in [2.75, 3.05) is 12.5 Å². The van der Waals surface area contributed by atoms with E-state index < -0.39 is 0 Å². The van der Waals surface area contributed by atoms with Crippen LogP contribution in [0.5, 0.6) is 11.5 Å². The number of nitrogens with zero attached hydrogens (tertiary/aromatic N) is 1. The molecule has 1 aromatic carbocycles. The van der Waals surface area contributed by atoms with Crippen LogP contribution in [0.1, 0.15) is 12.5 Å². The Bertz CT molecular complexity index is 401. The SMILES string of the molecule is C/C(=N\O)c1cc2c(cc1N)OCO2. The first-order valence-corrected chi connectivity index (χ1v) is 4.10. The fourth-order valence-electron chi connectivity index (χ4n) is 1.32. The number of nitrogens with two attached hydrogens (primary N) is 1. The quantitative estimate of drug-likeness (QED) is 0.305. The predicted octanol–water partition coefficient (Wildman–Crippen LogP) is 1.20. The summed E-state index contributed by atoms with van der Waals surface area (Å²) < 4.78 is 10.3. The molecule has 3 N–H and O–H groups in total. The zero-order chi connectivity index (χ0) is 10.1. The van der Waals surface area contributed by atoms with Gasteiger partial charge in [-0.15, -0.1) is 0 Å². The Kier molecular flexibility index (Phi) is 1.92. The topological polar surface area (TPSA) is 77.1 Å². The zero-order valence-corrected chi connectivity index (χ0v) is 7.65. The number of benzene rings is 1. The number of fused-ring (bicyclic) bond motifs is 1. The van der Waals surface area contributed by atoms with Gasteiger partial charge in [-0.25, -0.2) is 0 Å². The smallest absolute Gasteiger partial charge is 0.231 e. The van der Waals surface area contributed by atoms with Crippen molar-refractivity contribution in [1.29, 1.82) is 0 Å². The molecule has 2 rings (SSSR count). The van der Waals surface area contributed by atoms with E-state index >= 15 is 0 Å². The standard InChI is InChI=1S/C9H10N2O3/c1-5(11-12)6-2-8-9(3-7(6)10)14-4-13-8/h2-3,12H,4,10H2,1H3/b11-5+. The van der Waals surface area contributed by atoms with Crippen LogP contribution in [0.25, 0.3) is 0 Å². The van der Waals surface area contributed by atoms with Gasteiger partial charge in [0.2, 0.25) is 6.79 Å². The summed E-state index contributed by atoms with van der Waals surface area (Å²) in [5.74, 6) is 1.24. The summed E-state index contributed by atoms with van der Waals surface area (Å²) in [6, 6.07) is 3.36. The minimum absolute atomic E-state index is 0.202. The van der Waals surface area contributed by atoms with Crippen molar-refractivity contribution in [2.45, 2.75) is 6.92 Å². The molecule has 0 unspecified atom stereocenters. The van der Waals surface area contributed by atoms with Crippen molar-refractivity contribution >= 4 is 11.4 Å². The average Bonchev–Trinajstić information content (AvgIpc) is 2.62. The maximum absolute atomic E-state index is 8.62. The molecule has 1 aromatic rings. The van der Waals surface area contributed by atoms with E-state index in [1.54, 1.807) is 19.1 Å². The Morgan fingerprint density at radius 2 is 2.07 bits per heavy atom. The van der Waals surface area contributed by atoms with Crippen molar-refractivity contribution in [3.05, 3.63) is 17.7 Å². The van der Waals surface area contributed by atoms with Gasteiger partial charge >= 0.3 is 0 Å². The van der Waals surface area contributed by atoms with E-state index in [0.29, 0.717) is 28.5 Å². The highest BCUT2D eigenvalue weighted by atomic mass is 16.7. The fraction of sp³-hybridized carbons (Fsp3) is 0.222. The van der Waals surface area contributed by atoms with Gasteiger partial charge in [0.1, 0.15) is 0 Å². The lowest BCUT2D eigenvalue weighted by atomic mass is 10.1. The van der Waals surface area contributed by atoms with Crippen LogP contribution in [-0.2, 0) is 0 Å². The first-order valence-electron chi connectivity index (χ1n) is 4.10. The molecule has 0 aromatic heterocycles. The first-order chi connectivity index (χ1) is 6.72. The predicted molar refractivity (Wildman–Crippen MR) is 51.0 cm³/mol. The van der Waals surface area contributed by atoms with Crippen molar-refractivity contribution in [1.82, 2.24) is 0 Å². The molecule has 0 aliphatic carbocycles. The third kappa shape index (κ3) is 1.22. The number of ether oxygens (including phenoxy) is 2. The molecule has 0 fully saturated rings. The van der Waals surface area contributed by atoms with E-state index in [0.717, 1.165) is 0 Å². The number of oxime groups is 1. The van der Waals surface area contributed by atoms with Gasteiger partial charge in [-0.3, -0.25) is 0 Å². The third-order valence-electron chi connectivity index (χ3n) is 2.08. The molecule has 5 nitrogen and oxygen atoms in total. The van der Waals surface area contributed by atoms with Crippen molar-refractivity contribution in [2.24, 2.45) is 5.16 Å². The summed E-state index contributed by atoms with van der Waals surface area (Å²) in [6.07, 6.45) is 0. The van der Waals surface area contributed by atoms with E-state index in [4.69, 9.17) is 20.4 Å². The van der Waals surface area contributed by atoms with Gasteiger partial charge in [-0.2, -0.15) is 0 Å². The second kappa shape index (κ2) is 3.10. The van der Waals surface area contributed by atoms with Crippen molar-refractivity contribution < 1.29 is 14.7 Å². The second-order valence-electron chi connectivity index (χ2n) is 2.98. The Morgan fingerprint density at radius 3 is 2.71 bits per heavy atom. The molecule has 1 aliphatic heterocycles. The van der Waals surface area contributed by atoms with Crippen LogP contribution >= 0.6 is 0 Å². The molecule has 1 aliphatic rings. The highest BCUT2D eigenvalue weighted by molar-refractivity contribution is 6.03. The third-order valence-corrected chi connectivity index (χ3v) is 2.08. The average molecular weight is 194 g/mol. The summed E-state index contributed by atoms with van der Waals surface area (Å²) in [5, 5.41) is 11.7. The lowest BCUT2D eigenvalue weighted by molar-refractivity contribution is 0.174. The van der Waals surface area contributed by atoms with Crippen LogP contribution in [0.15, 0.2) is 17.3 Å². The normalized spacial score (nSPS) is 14.5. The van der Waals surface area contributed by atoms with Crippen LogP contribution in [0.4, 0.5) is 5.69 Å². The maximum atomic E-state index is 8.62. The van der Waals surface area contributed by atoms with Crippen LogP contribution in [-0.4, -0.2) is 17.7 Å². The lowest BCUT2D eigenvalue weighted by Crippen LogP contribution is -2.00. The Labute approximate surface area is 80.7 Å². The highest BCUT2D eigenvalue weighted by Gasteiger charge is 2.17. The largest absolute Gasteiger partial charge is 0.454 e. The van der Waals surface area contributed by atoms with Crippen LogP contribution in [0.2, 0.25) is 0 Å². The second-order valence-corrected chi connectivity index (χ2v) is 2.98.